The van der Waals surface area contributed by atoms with E-state index in [1.54, 1.807) is 11.8 Å². The lowest BCUT2D eigenvalue weighted by atomic mass is 10.1. The van der Waals surface area contributed by atoms with Crippen LogP contribution < -0.4 is 5.32 Å². The van der Waals surface area contributed by atoms with Gasteiger partial charge in [-0.05, 0) is 32.9 Å². The van der Waals surface area contributed by atoms with Crippen LogP contribution in [0, 0.1) is 0 Å². The van der Waals surface area contributed by atoms with Gasteiger partial charge in [0.15, 0.2) is 0 Å². The van der Waals surface area contributed by atoms with Crippen molar-refractivity contribution < 1.29 is 13.2 Å². The molecule has 1 nitrogen and oxygen atoms in total. The molecule has 0 fully saturated rings. The fourth-order valence-electron chi connectivity index (χ4n) is 1.48. The smallest absolute Gasteiger partial charge is 0.311 e. The number of hydrogen-bond donors (Lipinski definition) is 1. The van der Waals surface area contributed by atoms with Crippen molar-refractivity contribution in [3.05, 3.63) is 0 Å². The zero-order chi connectivity index (χ0) is 11.9. The molecule has 0 amide bonds. The Kier molecular flexibility index (Phi) is 7.44. The summed E-state index contributed by atoms with van der Waals surface area (Å²) < 4.78 is 35.6. The topological polar surface area (TPSA) is 12.0 Å². The van der Waals surface area contributed by atoms with Crippen LogP contribution in [-0.2, 0) is 0 Å². The van der Waals surface area contributed by atoms with Crippen molar-refractivity contribution >= 4 is 11.8 Å². The van der Waals surface area contributed by atoms with Crippen molar-refractivity contribution in [2.45, 2.75) is 51.4 Å². The van der Waals surface area contributed by atoms with Crippen LogP contribution in [0.1, 0.15) is 33.1 Å². The van der Waals surface area contributed by atoms with Gasteiger partial charge in [-0.2, -0.15) is 24.9 Å². The van der Waals surface area contributed by atoms with Gasteiger partial charge in [-0.1, -0.05) is 0 Å². The fraction of sp³-hybridized carbons (Fsp3) is 1.00. The van der Waals surface area contributed by atoms with Gasteiger partial charge in [-0.3, -0.25) is 0 Å². The first-order valence-electron chi connectivity index (χ1n) is 5.17. The molecule has 0 aromatic rings. The lowest BCUT2D eigenvalue weighted by Gasteiger charge is -2.19. The molecule has 0 spiro atoms. The van der Waals surface area contributed by atoms with E-state index >= 15 is 0 Å². The summed E-state index contributed by atoms with van der Waals surface area (Å²) in [5.74, 6) is 0.990. The summed E-state index contributed by atoms with van der Waals surface area (Å²) in [7, 11) is 0. The van der Waals surface area contributed by atoms with Gasteiger partial charge >= 0.3 is 6.18 Å². The van der Waals surface area contributed by atoms with Gasteiger partial charge in [0.1, 0.15) is 0 Å². The van der Waals surface area contributed by atoms with E-state index in [2.05, 4.69) is 12.2 Å². The van der Waals surface area contributed by atoms with Gasteiger partial charge in [0.05, 0.1) is 0 Å². The van der Waals surface area contributed by atoms with Crippen LogP contribution >= 0.6 is 11.8 Å². The van der Waals surface area contributed by atoms with Gasteiger partial charge < -0.3 is 5.32 Å². The molecule has 0 aliphatic rings. The van der Waals surface area contributed by atoms with E-state index in [0.29, 0.717) is 12.5 Å². The highest BCUT2D eigenvalue weighted by molar-refractivity contribution is 7.98. The van der Waals surface area contributed by atoms with Gasteiger partial charge in [0.25, 0.3) is 0 Å². The summed E-state index contributed by atoms with van der Waals surface area (Å²) in [5.41, 5.74) is 0. The predicted molar refractivity (Wildman–Crippen MR) is 60.3 cm³/mol. The Morgan fingerprint density at radius 1 is 1.20 bits per heavy atom. The second-order valence-electron chi connectivity index (χ2n) is 3.93. The first kappa shape index (κ1) is 15.1. The SMILES string of the molecule is CSCC(C)NC(C)CCCC(F)(F)F. The lowest BCUT2D eigenvalue weighted by Crippen LogP contribution is -2.36. The Balaban J connectivity index is 3.53. The summed E-state index contributed by atoms with van der Waals surface area (Å²) in [4.78, 5) is 0. The van der Waals surface area contributed by atoms with E-state index in [1.807, 2.05) is 13.2 Å². The van der Waals surface area contributed by atoms with Crippen molar-refractivity contribution in [2.75, 3.05) is 12.0 Å². The highest BCUT2D eigenvalue weighted by atomic mass is 32.2. The van der Waals surface area contributed by atoms with Crippen LogP contribution in [0.4, 0.5) is 13.2 Å². The molecule has 0 rings (SSSR count). The van der Waals surface area contributed by atoms with Crippen molar-refractivity contribution in [3.63, 3.8) is 0 Å². The maximum absolute atomic E-state index is 11.9. The minimum absolute atomic E-state index is 0.162. The molecule has 5 heteroatoms. The van der Waals surface area contributed by atoms with Crippen molar-refractivity contribution in [1.29, 1.82) is 0 Å². The number of hydrogen-bond acceptors (Lipinski definition) is 2. The molecule has 0 radical (unpaired) electrons. The highest BCUT2D eigenvalue weighted by Crippen LogP contribution is 2.22. The molecule has 0 saturated heterocycles. The average Bonchev–Trinajstić information content (AvgIpc) is 2.01. The molecular weight excluding hydrogens is 223 g/mol. The van der Waals surface area contributed by atoms with Crippen LogP contribution in [0.15, 0.2) is 0 Å². The molecule has 2 unspecified atom stereocenters. The summed E-state index contributed by atoms with van der Waals surface area (Å²) in [6.07, 6.45) is -1.87. The van der Waals surface area contributed by atoms with E-state index in [0.717, 1.165) is 5.75 Å². The van der Waals surface area contributed by atoms with Crippen LogP contribution in [0.2, 0.25) is 0 Å². The normalized spacial score (nSPS) is 16.4. The van der Waals surface area contributed by atoms with Crippen LogP contribution in [0.3, 0.4) is 0 Å². The minimum atomic E-state index is -4.01. The number of nitrogens with one attached hydrogen (secondary N) is 1. The van der Waals surface area contributed by atoms with E-state index in [4.69, 9.17) is 0 Å². The molecule has 0 bridgehead atoms. The average molecular weight is 243 g/mol. The third-order valence-electron chi connectivity index (χ3n) is 2.08. The molecule has 0 aromatic heterocycles. The Morgan fingerprint density at radius 2 is 1.80 bits per heavy atom. The predicted octanol–water partition coefficient (Wildman–Crippen LogP) is 3.45. The standard InChI is InChI=1S/C10H20F3NS/c1-8(14-9(2)7-15-3)5-4-6-10(11,12)13/h8-9,14H,4-7H2,1-3H3. The van der Waals surface area contributed by atoms with Gasteiger partial charge in [-0.15, -0.1) is 0 Å². The Hall–Kier alpha value is 0.100. The minimum Gasteiger partial charge on any atom is -0.311 e. The molecule has 92 valence electrons. The summed E-state index contributed by atoms with van der Waals surface area (Å²) in [6.45, 7) is 3.99. The first-order valence-corrected chi connectivity index (χ1v) is 6.56. The molecular formula is C10H20F3NS. The highest BCUT2D eigenvalue weighted by Gasteiger charge is 2.26. The Bertz CT molecular complexity index is 161. The van der Waals surface area contributed by atoms with E-state index < -0.39 is 12.6 Å². The second-order valence-corrected chi connectivity index (χ2v) is 4.84. The second kappa shape index (κ2) is 7.39. The van der Waals surface area contributed by atoms with Gasteiger partial charge in [0, 0.05) is 24.3 Å². The molecule has 2 atom stereocenters. The van der Waals surface area contributed by atoms with E-state index in [9.17, 15) is 13.2 Å². The van der Waals surface area contributed by atoms with Crippen molar-refractivity contribution in [3.8, 4) is 0 Å². The van der Waals surface area contributed by atoms with E-state index in [-0.39, 0.29) is 12.5 Å². The third kappa shape index (κ3) is 10.4. The molecule has 1 N–H and O–H groups in total. The van der Waals surface area contributed by atoms with Crippen molar-refractivity contribution in [1.82, 2.24) is 5.32 Å². The summed E-state index contributed by atoms with van der Waals surface area (Å²) in [6, 6.07) is 0.524. The van der Waals surface area contributed by atoms with E-state index in [1.165, 1.54) is 0 Å². The molecule has 0 saturated carbocycles. The third-order valence-corrected chi connectivity index (χ3v) is 2.92. The summed E-state index contributed by atoms with van der Waals surface area (Å²) >= 11 is 1.74. The zero-order valence-electron chi connectivity index (χ0n) is 9.53. The lowest BCUT2D eigenvalue weighted by molar-refractivity contribution is -0.135. The molecule has 0 aliphatic carbocycles. The number of thioether (sulfide) groups is 1. The number of alkyl halides is 3. The number of halogens is 3. The van der Waals surface area contributed by atoms with Crippen LogP contribution in [0.25, 0.3) is 0 Å². The maximum atomic E-state index is 11.9. The number of rotatable bonds is 7. The summed E-state index contributed by atoms with van der Waals surface area (Å²) in [5, 5.41) is 3.28. The Morgan fingerprint density at radius 3 is 2.27 bits per heavy atom. The maximum Gasteiger partial charge on any atom is 0.389 e. The largest absolute Gasteiger partial charge is 0.389 e. The molecule has 0 aromatic carbocycles. The molecule has 0 aliphatic heterocycles. The van der Waals surface area contributed by atoms with Crippen LogP contribution in [-0.4, -0.2) is 30.3 Å². The van der Waals surface area contributed by atoms with Crippen LogP contribution in [0.5, 0.6) is 0 Å². The first-order chi connectivity index (χ1) is 6.85. The molecule has 0 heterocycles. The van der Waals surface area contributed by atoms with Gasteiger partial charge in [0.2, 0.25) is 0 Å². The molecule has 15 heavy (non-hydrogen) atoms. The monoisotopic (exact) mass is 243 g/mol. The quantitative estimate of drug-likeness (QED) is 0.735. The fourth-order valence-corrected chi connectivity index (χ4v) is 2.07. The van der Waals surface area contributed by atoms with Gasteiger partial charge in [-0.25, -0.2) is 0 Å². The Labute approximate surface area is 94.2 Å². The van der Waals surface area contributed by atoms with Crippen molar-refractivity contribution in [2.24, 2.45) is 0 Å². The zero-order valence-corrected chi connectivity index (χ0v) is 10.3.